The van der Waals surface area contributed by atoms with Gasteiger partial charge in [-0.25, -0.2) is 18.0 Å². The Bertz CT molecular complexity index is 1490. The Kier molecular flexibility index (Phi) is 8.03. The minimum Gasteiger partial charge on any atom is -0.490 e. The van der Waals surface area contributed by atoms with Gasteiger partial charge >= 0.3 is 5.97 Å². The highest BCUT2D eigenvalue weighted by Crippen LogP contribution is 2.48. The van der Waals surface area contributed by atoms with Crippen molar-refractivity contribution < 1.29 is 27.8 Å². The summed E-state index contributed by atoms with van der Waals surface area (Å²) in [6, 6.07) is 6.54. The van der Waals surface area contributed by atoms with Crippen LogP contribution >= 0.6 is 0 Å². The first-order valence-corrected chi connectivity index (χ1v) is 13.9. The number of carboxylic acid groups (broad SMARTS) is 1. The van der Waals surface area contributed by atoms with Gasteiger partial charge in [0.15, 0.2) is 11.6 Å². The number of likely N-dealkylation sites (tertiary alicyclic amines) is 1. The second-order valence-electron chi connectivity index (χ2n) is 10.6. The summed E-state index contributed by atoms with van der Waals surface area (Å²) < 4.78 is 51.9. The van der Waals surface area contributed by atoms with E-state index in [0.29, 0.717) is 55.6 Å². The maximum absolute atomic E-state index is 16.1. The van der Waals surface area contributed by atoms with Crippen LogP contribution < -0.4 is 10.3 Å². The number of benzene rings is 2. The largest absolute Gasteiger partial charge is 0.490 e. The number of pyridine rings is 1. The normalized spacial score (nSPS) is 16.3. The molecule has 0 bridgehead atoms. The van der Waals surface area contributed by atoms with Crippen LogP contribution in [-0.2, 0) is 13.0 Å². The molecule has 3 aromatic rings. The van der Waals surface area contributed by atoms with E-state index in [4.69, 9.17) is 4.74 Å². The average Bonchev–Trinajstić information content (AvgIpc) is 3.77. The zero-order chi connectivity index (χ0) is 28.6. The van der Waals surface area contributed by atoms with Gasteiger partial charge < -0.3 is 14.4 Å². The van der Waals surface area contributed by atoms with Crippen LogP contribution in [0.4, 0.5) is 13.2 Å². The Labute approximate surface area is 231 Å². The average molecular weight is 555 g/mol. The molecule has 1 saturated carbocycles. The van der Waals surface area contributed by atoms with Gasteiger partial charge in [0, 0.05) is 60.2 Å². The topological polar surface area (TPSA) is 71.8 Å². The molecule has 0 amide bonds. The molecule has 1 aliphatic carbocycles. The van der Waals surface area contributed by atoms with E-state index in [0.717, 1.165) is 25.0 Å². The molecule has 212 valence electrons. The van der Waals surface area contributed by atoms with Gasteiger partial charge in [-0.2, -0.15) is 0 Å². The van der Waals surface area contributed by atoms with Crippen LogP contribution in [0.2, 0.25) is 0 Å². The Hall–Kier alpha value is -3.59. The van der Waals surface area contributed by atoms with E-state index in [2.05, 4.69) is 4.90 Å². The van der Waals surface area contributed by atoms with Crippen molar-refractivity contribution in [2.24, 2.45) is 0 Å². The molecule has 9 heteroatoms. The van der Waals surface area contributed by atoms with Crippen molar-refractivity contribution in [3.8, 4) is 16.9 Å². The highest BCUT2D eigenvalue weighted by molar-refractivity contribution is 5.89. The predicted octanol–water partition coefficient (Wildman–Crippen LogP) is 6.31. The highest BCUT2D eigenvalue weighted by Gasteiger charge is 2.33. The molecule has 2 aliphatic rings. The maximum Gasteiger partial charge on any atom is 0.336 e. The van der Waals surface area contributed by atoms with Crippen LogP contribution in [-0.4, -0.2) is 40.2 Å². The number of piperidine rings is 1. The van der Waals surface area contributed by atoms with Crippen LogP contribution in [0.25, 0.3) is 11.1 Å². The van der Waals surface area contributed by atoms with Gasteiger partial charge in [-0.15, -0.1) is 0 Å². The molecule has 1 aromatic heterocycles. The molecule has 0 spiro atoms. The lowest BCUT2D eigenvalue weighted by Gasteiger charge is -2.33. The van der Waals surface area contributed by atoms with E-state index in [9.17, 15) is 23.5 Å². The fourth-order valence-corrected chi connectivity index (χ4v) is 5.83. The summed E-state index contributed by atoms with van der Waals surface area (Å²) in [4.78, 5) is 26.7. The summed E-state index contributed by atoms with van der Waals surface area (Å²) in [7, 11) is 0. The third-order valence-electron chi connectivity index (χ3n) is 7.98. The lowest BCUT2D eigenvalue weighted by atomic mass is 9.92. The Balaban J connectivity index is 1.41. The van der Waals surface area contributed by atoms with Crippen molar-refractivity contribution in [3.05, 3.63) is 86.6 Å². The Morgan fingerprint density at radius 2 is 1.77 bits per heavy atom. The molecule has 1 N–H and O–H groups in total. The number of rotatable bonds is 9. The first-order valence-electron chi connectivity index (χ1n) is 13.9. The van der Waals surface area contributed by atoms with Gasteiger partial charge in [0.1, 0.15) is 11.6 Å². The van der Waals surface area contributed by atoms with Crippen LogP contribution in [0, 0.1) is 17.5 Å². The number of aromatic nitrogens is 1. The number of nitrogens with zero attached hydrogens (tertiary/aromatic N) is 2. The van der Waals surface area contributed by atoms with E-state index in [-0.39, 0.29) is 46.6 Å². The predicted molar refractivity (Wildman–Crippen MR) is 145 cm³/mol. The molecule has 1 saturated heterocycles. The van der Waals surface area contributed by atoms with Crippen molar-refractivity contribution in [3.63, 3.8) is 0 Å². The Morgan fingerprint density at radius 3 is 2.38 bits per heavy atom. The molecule has 40 heavy (non-hydrogen) atoms. The molecule has 0 atom stereocenters. The minimum atomic E-state index is -1.10. The number of ether oxygens (including phenoxy) is 1. The summed E-state index contributed by atoms with van der Waals surface area (Å²) >= 11 is 0. The molecule has 6 nitrogen and oxygen atoms in total. The lowest BCUT2D eigenvalue weighted by Crippen LogP contribution is -2.38. The second kappa shape index (κ2) is 11.5. The SMILES string of the molecule is CCOc1c(CN2CCC(n3ccc(C(=O)O)c(CC)c3=O)CC2)cc(C2CC2)c(-c2ccc(F)cc2F)c1F. The lowest BCUT2D eigenvalue weighted by molar-refractivity contribution is 0.0695. The number of aromatic carboxylic acids is 1. The number of carbonyl (C=O) groups is 1. The van der Waals surface area contributed by atoms with Crippen LogP contribution in [0.1, 0.15) is 78.5 Å². The molecule has 1 aliphatic heterocycles. The smallest absolute Gasteiger partial charge is 0.336 e. The summed E-state index contributed by atoms with van der Waals surface area (Å²) in [6.07, 6.45) is 5.02. The standard InChI is InChI=1S/C31H33F3N2O4/c1-3-22-23(31(38)39)11-14-36(30(22)37)21-9-12-35(13-10-21)17-19-15-25(18-5-6-18)27(28(34)29(19)40-4-2)24-8-7-20(32)16-26(24)33/h7-8,11,14-16,18,21H,3-6,9-10,12-13,17H2,1-2H3,(H,38,39). The molecule has 2 aromatic carbocycles. The van der Waals surface area contributed by atoms with E-state index in [1.807, 2.05) is 6.07 Å². The van der Waals surface area contributed by atoms with E-state index >= 15 is 4.39 Å². The molecule has 2 heterocycles. The summed E-state index contributed by atoms with van der Waals surface area (Å²) in [5.74, 6) is -3.06. The number of hydrogen-bond donors (Lipinski definition) is 1. The van der Waals surface area contributed by atoms with Gasteiger partial charge in [-0.05, 0) is 74.8 Å². The number of carboxylic acids is 1. The fraction of sp³-hybridized carbons (Fsp3) is 0.419. The summed E-state index contributed by atoms with van der Waals surface area (Å²) in [5.41, 5.74) is 1.65. The monoisotopic (exact) mass is 554 g/mol. The third-order valence-corrected chi connectivity index (χ3v) is 7.98. The molecule has 5 rings (SSSR count). The maximum atomic E-state index is 16.1. The molecule has 2 fully saturated rings. The van der Waals surface area contributed by atoms with Gasteiger partial charge in [-0.3, -0.25) is 9.69 Å². The molecule has 0 radical (unpaired) electrons. The van der Waals surface area contributed by atoms with E-state index in [1.165, 1.54) is 12.1 Å². The van der Waals surface area contributed by atoms with Crippen molar-refractivity contribution in [2.75, 3.05) is 19.7 Å². The van der Waals surface area contributed by atoms with E-state index in [1.54, 1.807) is 24.6 Å². The zero-order valence-electron chi connectivity index (χ0n) is 22.7. The van der Waals surface area contributed by atoms with Crippen molar-refractivity contribution >= 4 is 5.97 Å². The summed E-state index contributed by atoms with van der Waals surface area (Å²) in [6.45, 7) is 5.50. The first kappa shape index (κ1) is 28.0. The van der Waals surface area contributed by atoms with Gasteiger partial charge in [-0.1, -0.05) is 6.92 Å². The fourth-order valence-electron chi connectivity index (χ4n) is 5.83. The highest BCUT2D eigenvalue weighted by atomic mass is 19.1. The van der Waals surface area contributed by atoms with Crippen molar-refractivity contribution in [1.29, 1.82) is 0 Å². The molecule has 0 unspecified atom stereocenters. The van der Waals surface area contributed by atoms with Crippen LogP contribution in [0.5, 0.6) is 5.75 Å². The molecular weight excluding hydrogens is 521 g/mol. The van der Waals surface area contributed by atoms with Crippen LogP contribution in [0.15, 0.2) is 41.3 Å². The quantitative estimate of drug-likeness (QED) is 0.336. The number of hydrogen-bond acceptors (Lipinski definition) is 4. The second-order valence-corrected chi connectivity index (χ2v) is 10.6. The molecular formula is C31H33F3N2O4. The van der Waals surface area contributed by atoms with E-state index < -0.39 is 23.4 Å². The first-order chi connectivity index (χ1) is 19.2. The number of halogens is 3. The minimum absolute atomic E-state index is 0.0277. The van der Waals surface area contributed by atoms with Gasteiger partial charge in [0.25, 0.3) is 5.56 Å². The van der Waals surface area contributed by atoms with Crippen molar-refractivity contribution in [1.82, 2.24) is 9.47 Å². The Morgan fingerprint density at radius 1 is 1.05 bits per heavy atom. The third kappa shape index (κ3) is 5.39. The summed E-state index contributed by atoms with van der Waals surface area (Å²) in [5, 5.41) is 9.42. The van der Waals surface area contributed by atoms with Crippen LogP contribution in [0.3, 0.4) is 0 Å². The zero-order valence-corrected chi connectivity index (χ0v) is 22.7. The van der Waals surface area contributed by atoms with Gasteiger partial charge in [0.2, 0.25) is 0 Å². The van der Waals surface area contributed by atoms with Gasteiger partial charge in [0.05, 0.1) is 12.2 Å². The van der Waals surface area contributed by atoms with Crippen molar-refractivity contribution in [2.45, 2.75) is 64.5 Å².